The summed E-state index contributed by atoms with van der Waals surface area (Å²) in [6.07, 6.45) is 0.843. The molecule has 2 aliphatic heterocycles. The van der Waals surface area contributed by atoms with E-state index >= 15 is 0 Å². The Morgan fingerprint density at radius 1 is 1.27 bits per heavy atom. The normalized spacial score (nSPS) is 22.4. The molecule has 2 saturated heterocycles. The lowest BCUT2D eigenvalue weighted by atomic mass is 10.1. The molecular formula is C15H18ClN3O2S. The summed E-state index contributed by atoms with van der Waals surface area (Å²) < 4.78 is 0. The zero-order valence-corrected chi connectivity index (χ0v) is 13.7. The van der Waals surface area contributed by atoms with E-state index in [4.69, 9.17) is 11.6 Å². The smallest absolute Gasteiger partial charge is 0.328 e. The van der Waals surface area contributed by atoms with Gasteiger partial charge >= 0.3 is 12.1 Å². The summed E-state index contributed by atoms with van der Waals surface area (Å²) in [6.45, 7) is 2.30. The van der Waals surface area contributed by atoms with E-state index in [1.807, 2.05) is 36.0 Å². The summed E-state index contributed by atoms with van der Waals surface area (Å²) in [5, 5.41) is 3.73. The molecule has 5 nitrogen and oxygen atoms in total. The van der Waals surface area contributed by atoms with Crippen LogP contribution < -0.4 is 5.32 Å². The van der Waals surface area contributed by atoms with Gasteiger partial charge in [0.15, 0.2) is 0 Å². The van der Waals surface area contributed by atoms with E-state index in [0.29, 0.717) is 31.4 Å². The second kappa shape index (κ2) is 6.79. The van der Waals surface area contributed by atoms with Gasteiger partial charge in [0.25, 0.3) is 0 Å². The van der Waals surface area contributed by atoms with Crippen molar-refractivity contribution in [3.8, 4) is 0 Å². The van der Waals surface area contributed by atoms with Crippen molar-refractivity contribution in [1.29, 1.82) is 0 Å². The number of benzene rings is 1. The number of carbonyl (C=O) groups excluding carboxylic acids is 2. The standard InChI is InChI=1S/C15H18ClN3O2S/c16-12-4-2-1-3-11(12)13-5-7-18(9-10-22-13)15(21)19-8-6-17-14(19)20/h1-4,13H,5-10H2,(H,17,20). The van der Waals surface area contributed by atoms with Gasteiger partial charge in [0.2, 0.25) is 0 Å². The van der Waals surface area contributed by atoms with Crippen LogP contribution in [0.25, 0.3) is 0 Å². The lowest BCUT2D eigenvalue weighted by Crippen LogP contribution is -2.45. The first-order valence-corrected chi connectivity index (χ1v) is 8.80. The maximum atomic E-state index is 12.4. The Labute approximate surface area is 139 Å². The minimum Gasteiger partial charge on any atom is -0.336 e. The number of rotatable bonds is 1. The molecule has 0 aromatic heterocycles. The lowest BCUT2D eigenvalue weighted by Gasteiger charge is -2.24. The van der Waals surface area contributed by atoms with E-state index < -0.39 is 0 Å². The maximum Gasteiger partial charge on any atom is 0.328 e. The van der Waals surface area contributed by atoms with E-state index in [-0.39, 0.29) is 12.1 Å². The summed E-state index contributed by atoms with van der Waals surface area (Å²) in [6, 6.07) is 7.39. The Balaban J connectivity index is 1.66. The van der Waals surface area contributed by atoms with Gasteiger partial charge in [-0.2, -0.15) is 11.8 Å². The minimum absolute atomic E-state index is 0.185. The van der Waals surface area contributed by atoms with Crippen LogP contribution in [0.3, 0.4) is 0 Å². The van der Waals surface area contributed by atoms with E-state index in [0.717, 1.165) is 22.8 Å². The average Bonchev–Trinajstić information content (AvgIpc) is 2.80. The van der Waals surface area contributed by atoms with E-state index in [1.165, 1.54) is 4.90 Å². The zero-order valence-electron chi connectivity index (χ0n) is 12.1. The second-order valence-electron chi connectivity index (χ2n) is 5.32. The third-order valence-electron chi connectivity index (χ3n) is 3.95. The highest BCUT2D eigenvalue weighted by Gasteiger charge is 2.31. The summed E-state index contributed by atoms with van der Waals surface area (Å²) >= 11 is 8.10. The third kappa shape index (κ3) is 3.17. The van der Waals surface area contributed by atoms with Gasteiger partial charge in [-0.25, -0.2) is 14.5 Å². The van der Waals surface area contributed by atoms with Crippen LogP contribution in [-0.4, -0.2) is 53.8 Å². The molecule has 2 aliphatic rings. The van der Waals surface area contributed by atoms with Gasteiger partial charge in [-0.05, 0) is 18.1 Å². The number of nitrogens with one attached hydrogen (secondary N) is 1. The highest BCUT2D eigenvalue weighted by atomic mass is 35.5. The average molecular weight is 340 g/mol. The summed E-state index contributed by atoms with van der Waals surface area (Å²) in [5.74, 6) is 0.844. The molecule has 1 aromatic rings. The molecule has 0 bridgehead atoms. The first kappa shape index (κ1) is 15.5. The fourth-order valence-corrected chi connectivity index (χ4v) is 4.37. The van der Waals surface area contributed by atoms with Crippen molar-refractivity contribution in [2.45, 2.75) is 11.7 Å². The molecule has 0 saturated carbocycles. The van der Waals surface area contributed by atoms with E-state index in [1.54, 1.807) is 4.90 Å². The highest BCUT2D eigenvalue weighted by molar-refractivity contribution is 7.99. The maximum absolute atomic E-state index is 12.4. The van der Waals surface area contributed by atoms with Crippen LogP contribution in [0, 0.1) is 0 Å². The molecule has 0 aliphatic carbocycles. The third-order valence-corrected chi connectivity index (χ3v) is 5.61. The first-order valence-electron chi connectivity index (χ1n) is 7.37. The van der Waals surface area contributed by atoms with Crippen LogP contribution in [0.4, 0.5) is 9.59 Å². The quantitative estimate of drug-likeness (QED) is 0.855. The molecule has 7 heteroatoms. The number of halogens is 1. The number of imide groups is 1. The topological polar surface area (TPSA) is 52.7 Å². The number of hydrogen-bond acceptors (Lipinski definition) is 3. The number of nitrogens with zero attached hydrogens (tertiary/aromatic N) is 2. The van der Waals surface area contributed by atoms with Crippen molar-refractivity contribution >= 4 is 35.4 Å². The zero-order chi connectivity index (χ0) is 15.5. The molecule has 118 valence electrons. The fraction of sp³-hybridized carbons (Fsp3) is 0.467. The van der Waals surface area contributed by atoms with Crippen LogP contribution >= 0.6 is 23.4 Å². The van der Waals surface area contributed by atoms with E-state index in [2.05, 4.69) is 5.32 Å². The Hall–Kier alpha value is -1.40. The predicted molar refractivity (Wildman–Crippen MR) is 88.3 cm³/mol. The number of urea groups is 2. The van der Waals surface area contributed by atoms with Crippen molar-refractivity contribution in [2.24, 2.45) is 0 Å². The van der Waals surface area contributed by atoms with Crippen LogP contribution in [-0.2, 0) is 0 Å². The molecular weight excluding hydrogens is 322 g/mol. The van der Waals surface area contributed by atoms with Gasteiger partial charge < -0.3 is 10.2 Å². The Kier molecular flexibility index (Phi) is 4.78. The molecule has 1 aromatic carbocycles. The lowest BCUT2D eigenvalue weighted by molar-refractivity contribution is 0.166. The largest absolute Gasteiger partial charge is 0.336 e. The molecule has 0 radical (unpaired) electrons. The Bertz CT molecular complexity index is 584. The Morgan fingerprint density at radius 2 is 2.09 bits per heavy atom. The molecule has 1 N–H and O–H groups in total. The fourth-order valence-electron chi connectivity index (χ4n) is 2.77. The summed E-state index contributed by atoms with van der Waals surface area (Å²) in [5.41, 5.74) is 1.13. The van der Waals surface area contributed by atoms with Crippen molar-refractivity contribution in [3.63, 3.8) is 0 Å². The number of thioether (sulfide) groups is 1. The molecule has 4 amide bonds. The molecule has 1 atom stereocenters. The number of carbonyl (C=O) groups is 2. The molecule has 3 rings (SSSR count). The van der Waals surface area contributed by atoms with Crippen LogP contribution in [0.2, 0.25) is 5.02 Å². The highest BCUT2D eigenvalue weighted by Crippen LogP contribution is 2.37. The van der Waals surface area contributed by atoms with Gasteiger partial charge in [0, 0.05) is 42.2 Å². The molecule has 22 heavy (non-hydrogen) atoms. The van der Waals surface area contributed by atoms with Crippen LogP contribution in [0.1, 0.15) is 17.2 Å². The summed E-state index contributed by atoms with van der Waals surface area (Å²) in [7, 11) is 0. The monoisotopic (exact) mass is 339 g/mol. The minimum atomic E-state index is -0.287. The number of hydrogen-bond donors (Lipinski definition) is 1. The predicted octanol–water partition coefficient (Wildman–Crippen LogP) is 2.97. The second-order valence-corrected chi connectivity index (χ2v) is 7.04. The van der Waals surface area contributed by atoms with Gasteiger partial charge in [0.05, 0.1) is 0 Å². The molecule has 2 heterocycles. The van der Waals surface area contributed by atoms with Gasteiger partial charge in [-0.15, -0.1) is 0 Å². The van der Waals surface area contributed by atoms with Gasteiger partial charge in [-0.3, -0.25) is 0 Å². The summed E-state index contributed by atoms with van der Waals surface area (Å²) in [4.78, 5) is 27.1. The number of amides is 4. The van der Waals surface area contributed by atoms with Crippen molar-refractivity contribution in [1.82, 2.24) is 15.1 Å². The van der Waals surface area contributed by atoms with Crippen molar-refractivity contribution < 1.29 is 9.59 Å². The van der Waals surface area contributed by atoms with Crippen molar-refractivity contribution in [3.05, 3.63) is 34.9 Å². The molecule has 0 spiro atoms. The van der Waals surface area contributed by atoms with Crippen molar-refractivity contribution in [2.75, 3.05) is 31.9 Å². The first-order chi connectivity index (χ1) is 10.7. The van der Waals surface area contributed by atoms with Gasteiger partial charge in [0.1, 0.15) is 0 Å². The Morgan fingerprint density at radius 3 is 2.82 bits per heavy atom. The van der Waals surface area contributed by atoms with Crippen LogP contribution in [0.5, 0.6) is 0 Å². The SMILES string of the molecule is O=C1NCCN1C(=O)N1CCSC(c2ccccc2Cl)CC1. The molecule has 1 unspecified atom stereocenters. The van der Waals surface area contributed by atoms with Crippen LogP contribution in [0.15, 0.2) is 24.3 Å². The van der Waals surface area contributed by atoms with Gasteiger partial charge in [-0.1, -0.05) is 29.8 Å². The molecule has 2 fully saturated rings. The van der Waals surface area contributed by atoms with E-state index in [9.17, 15) is 9.59 Å².